The molecule has 3 aromatic carbocycles. The van der Waals surface area contributed by atoms with Crippen molar-refractivity contribution in [2.75, 3.05) is 11.5 Å². The highest BCUT2D eigenvalue weighted by atomic mass is 14.5. The van der Waals surface area contributed by atoms with Gasteiger partial charge in [0.05, 0.1) is 0 Å². The average Bonchev–Trinajstić information content (AvgIpc) is 2.56. The highest BCUT2D eigenvalue weighted by Gasteiger charge is 2.08. The zero-order valence-corrected chi connectivity index (χ0v) is 12.7. The van der Waals surface area contributed by atoms with Gasteiger partial charge in [-0.25, -0.2) is 0 Å². The van der Waals surface area contributed by atoms with Gasteiger partial charge in [-0.15, -0.1) is 0 Å². The SMILES string of the molecule is CC(c1ccc(N)cc1)c1ccc(-c2ccc(N)cc2)cc1. The fourth-order valence-electron chi connectivity index (χ4n) is 2.62. The number of anilines is 2. The largest absolute Gasteiger partial charge is 0.399 e. The third-order valence-corrected chi connectivity index (χ3v) is 4.09. The first-order valence-electron chi connectivity index (χ1n) is 7.45. The summed E-state index contributed by atoms with van der Waals surface area (Å²) in [6, 6.07) is 24.7. The Labute approximate surface area is 131 Å². The van der Waals surface area contributed by atoms with E-state index in [-0.39, 0.29) is 0 Å². The Bertz CT molecular complexity index is 741. The lowest BCUT2D eigenvalue weighted by molar-refractivity contribution is 0.923. The molecule has 0 aliphatic heterocycles. The van der Waals surface area contributed by atoms with E-state index in [1.807, 2.05) is 36.4 Å². The molecule has 4 N–H and O–H groups in total. The molecule has 1 unspecified atom stereocenters. The maximum atomic E-state index is 5.75. The highest BCUT2D eigenvalue weighted by molar-refractivity contribution is 5.66. The second-order valence-electron chi connectivity index (χ2n) is 5.63. The molecule has 0 saturated carbocycles. The van der Waals surface area contributed by atoms with Crippen LogP contribution >= 0.6 is 0 Å². The average molecular weight is 288 g/mol. The fourth-order valence-corrected chi connectivity index (χ4v) is 2.62. The second kappa shape index (κ2) is 5.94. The molecule has 0 radical (unpaired) electrons. The van der Waals surface area contributed by atoms with Gasteiger partial charge in [0.1, 0.15) is 0 Å². The fraction of sp³-hybridized carbons (Fsp3) is 0.100. The van der Waals surface area contributed by atoms with Gasteiger partial charge in [0.25, 0.3) is 0 Å². The van der Waals surface area contributed by atoms with E-state index in [1.165, 1.54) is 22.3 Å². The molecule has 0 bridgehead atoms. The van der Waals surface area contributed by atoms with Gasteiger partial charge in [0.15, 0.2) is 0 Å². The van der Waals surface area contributed by atoms with Gasteiger partial charge in [-0.05, 0) is 46.5 Å². The molecule has 0 saturated heterocycles. The molecular formula is C20H20N2. The monoisotopic (exact) mass is 288 g/mol. The van der Waals surface area contributed by atoms with Crippen LogP contribution in [0.2, 0.25) is 0 Å². The van der Waals surface area contributed by atoms with Crippen LogP contribution < -0.4 is 11.5 Å². The predicted molar refractivity (Wildman–Crippen MR) is 94.7 cm³/mol. The van der Waals surface area contributed by atoms with Crippen molar-refractivity contribution in [3.8, 4) is 11.1 Å². The van der Waals surface area contributed by atoms with Gasteiger partial charge in [-0.3, -0.25) is 0 Å². The molecule has 0 heterocycles. The van der Waals surface area contributed by atoms with E-state index in [0.29, 0.717) is 5.92 Å². The van der Waals surface area contributed by atoms with Gasteiger partial charge in [-0.1, -0.05) is 55.5 Å². The van der Waals surface area contributed by atoms with E-state index in [2.05, 4.69) is 43.3 Å². The molecule has 22 heavy (non-hydrogen) atoms. The number of nitrogens with two attached hydrogens (primary N) is 2. The molecule has 2 nitrogen and oxygen atoms in total. The van der Waals surface area contributed by atoms with Crippen LogP contribution in [0.4, 0.5) is 11.4 Å². The standard InChI is InChI=1S/C20H20N2/c1-14(16-6-10-19(21)11-7-16)15-2-4-17(5-3-15)18-8-12-20(22)13-9-18/h2-14H,21-22H2,1H3. The number of nitrogen functional groups attached to an aromatic ring is 2. The summed E-state index contributed by atoms with van der Waals surface area (Å²) in [4.78, 5) is 0. The van der Waals surface area contributed by atoms with Crippen molar-refractivity contribution < 1.29 is 0 Å². The number of benzene rings is 3. The Morgan fingerprint density at radius 1 is 0.545 bits per heavy atom. The predicted octanol–water partition coefficient (Wildman–Crippen LogP) is 4.67. The molecule has 0 aromatic heterocycles. The van der Waals surface area contributed by atoms with Crippen molar-refractivity contribution in [3.63, 3.8) is 0 Å². The molecule has 3 rings (SSSR count). The zero-order chi connectivity index (χ0) is 15.5. The Morgan fingerprint density at radius 2 is 0.864 bits per heavy atom. The molecule has 0 fully saturated rings. The summed E-state index contributed by atoms with van der Waals surface area (Å²) in [5.74, 6) is 0.348. The lowest BCUT2D eigenvalue weighted by atomic mass is 9.91. The summed E-state index contributed by atoms with van der Waals surface area (Å²) in [7, 11) is 0. The topological polar surface area (TPSA) is 52.0 Å². The Balaban J connectivity index is 1.84. The number of hydrogen-bond acceptors (Lipinski definition) is 2. The second-order valence-corrected chi connectivity index (χ2v) is 5.63. The Hall–Kier alpha value is -2.74. The minimum Gasteiger partial charge on any atom is -0.399 e. The molecule has 0 aliphatic carbocycles. The van der Waals surface area contributed by atoms with Crippen molar-refractivity contribution >= 4 is 11.4 Å². The maximum Gasteiger partial charge on any atom is 0.0314 e. The van der Waals surface area contributed by atoms with Crippen LogP contribution in [0.25, 0.3) is 11.1 Å². The van der Waals surface area contributed by atoms with Gasteiger partial charge < -0.3 is 11.5 Å². The minimum atomic E-state index is 0.348. The van der Waals surface area contributed by atoms with Crippen molar-refractivity contribution in [2.24, 2.45) is 0 Å². The Morgan fingerprint density at radius 3 is 1.32 bits per heavy atom. The smallest absolute Gasteiger partial charge is 0.0314 e. The van der Waals surface area contributed by atoms with Crippen LogP contribution in [0.3, 0.4) is 0 Å². The van der Waals surface area contributed by atoms with E-state index < -0.39 is 0 Å². The third-order valence-electron chi connectivity index (χ3n) is 4.09. The molecule has 0 amide bonds. The normalized spacial score (nSPS) is 12.0. The summed E-state index contributed by atoms with van der Waals surface area (Å²) in [5.41, 5.74) is 18.0. The van der Waals surface area contributed by atoms with Gasteiger partial charge in [-0.2, -0.15) is 0 Å². The quantitative estimate of drug-likeness (QED) is 0.688. The van der Waals surface area contributed by atoms with E-state index >= 15 is 0 Å². The maximum absolute atomic E-state index is 5.75. The summed E-state index contributed by atoms with van der Waals surface area (Å²) >= 11 is 0. The third kappa shape index (κ3) is 2.96. The molecule has 0 spiro atoms. The summed E-state index contributed by atoms with van der Waals surface area (Å²) in [6.45, 7) is 2.21. The lowest BCUT2D eigenvalue weighted by Gasteiger charge is -2.13. The number of hydrogen-bond donors (Lipinski definition) is 2. The number of rotatable bonds is 3. The van der Waals surface area contributed by atoms with E-state index in [9.17, 15) is 0 Å². The van der Waals surface area contributed by atoms with Gasteiger partial charge in [0.2, 0.25) is 0 Å². The Kier molecular flexibility index (Phi) is 3.84. The van der Waals surface area contributed by atoms with Gasteiger partial charge >= 0.3 is 0 Å². The van der Waals surface area contributed by atoms with E-state index in [0.717, 1.165) is 11.4 Å². The van der Waals surface area contributed by atoms with Crippen molar-refractivity contribution in [1.82, 2.24) is 0 Å². The van der Waals surface area contributed by atoms with Gasteiger partial charge in [0, 0.05) is 17.3 Å². The molecule has 110 valence electrons. The first-order valence-corrected chi connectivity index (χ1v) is 7.45. The van der Waals surface area contributed by atoms with E-state index in [1.54, 1.807) is 0 Å². The van der Waals surface area contributed by atoms with Crippen molar-refractivity contribution in [2.45, 2.75) is 12.8 Å². The first kappa shape index (κ1) is 14.2. The van der Waals surface area contributed by atoms with Crippen molar-refractivity contribution in [3.05, 3.63) is 83.9 Å². The first-order chi connectivity index (χ1) is 10.6. The highest BCUT2D eigenvalue weighted by Crippen LogP contribution is 2.27. The summed E-state index contributed by atoms with van der Waals surface area (Å²) < 4.78 is 0. The minimum absolute atomic E-state index is 0.348. The molecule has 3 aromatic rings. The summed E-state index contributed by atoms with van der Waals surface area (Å²) in [6.07, 6.45) is 0. The van der Waals surface area contributed by atoms with Crippen LogP contribution in [0.15, 0.2) is 72.8 Å². The molecular weight excluding hydrogens is 268 g/mol. The van der Waals surface area contributed by atoms with E-state index in [4.69, 9.17) is 11.5 Å². The van der Waals surface area contributed by atoms with Crippen LogP contribution in [-0.4, -0.2) is 0 Å². The summed E-state index contributed by atoms with van der Waals surface area (Å²) in [5, 5.41) is 0. The van der Waals surface area contributed by atoms with Crippen LogP contribution in [-0.2, 0) is 0 Å². The van der Waals surface area contributed by atoms with Crippen molar-refractivity contribution in [1.29, 1.82) is 0 Å². The lowest BCUT2D eigenvalue weighted by Crippen LogP contribution is -1.96. The van der Waals surface area contributed by atoms with Crippen LogP contribution in [0.5, 0.6) is 0 Å². The zero-order valence-electron chi connectivity index (χ0n) is 12.7. The molecule has 1 atom stereocenters. The van der Waals surface area contributed by atoms with Crippen LogP contribution in [0.1, 0.15) is 24.0 Å². The van der Waals surface area contributed by atoms with Crippen LogP contribution in [0, 0.1) is 0 Å². The molecule has 2 heteroatoms. The molecule has 0 aliphatic rings.